The summed E-state index contributed by atoms with van der Waals surface area (Å²) in [5.41, 5.74) is 2.24. The van der Waals surface area contributed by atoms with Gasteiger partial charge in [-0.1, -0.05) is 19.1 Å². The minimum Gasteiger partial charge on any atom is -0.478 e. The second-order valence-electron chi connectivity index (χ2n) is 3.49. The maximum atomic E-state index is 10.7. The number of hydrogen-bond donors (Lipinski definition) is 2. The Balaban J connectivity index is 2.30. The van der Waals surface area contributed by atoms with Gasteiger partial charge in [0.25, 0.3) is 0 Å². The van der Waals surface area contributed by atoms with Crippen molar-refractivity contribution < 1.29 is 9.90 Å². The first-order valence-corrected chi connectivity index (χ1v) is 5.08. The molecule has 0 atom stereocenters. The molecule has 2 N–H and O–H groups in total. The van der Waals surface area contributed by atoms with E-state index in [1.54, 1.807) is 30.5 Å². The molecule has 0 unspecified atom stereocenters. The van der Waals surface area contributed by atoms with Crippen molar-refractivity contribution in [1.29, 1.82) is 0 Å². The molecule has 2 rings (SSSR count). The number of imidazole rings is 1. The summed E-state index contributed by atoms with van der Waals surface area (Å²) >= 11 is 0. The number of nitrogens with zero attached hydrogens (tertiary/aromatic N) is 1. The summed E-state index contributed by atoms with van der Waals surface area (Å²) in [4.78, 5) is 18.1. The third-order valence-electron chi connectivity index (χ3n) is 2.41. The van der Waals surface area contributed by atoms with Crippen molar-refractivity contribution in [2.24, 2.45) is 0 Å². The molecule has 4 heteroatoms. The fourth-order valence-corrected chi connectivity index (χ4v) is 1.46. The molecule has 0 aliphatic carbocycles. The highest BCUT2D eigenvalue weighted by molar-refractivity contribution is 5.88. The van der Waals surface area contributed by atoms with Gasteiger partial charge in [0, 0.05) is 17.5 Å². The number of aromatic amines is 1. The van der Waals surface area contributed by atoms with Crippen molar-refractivity contribution in [2.45, 2.75) is 13.3 Å². The van der Waals surface area contributed by atoms with Gasteiger partial charge in [-0.05, 0) is 18.6 Å². The van der Waals surface area contributed by atoms with Gasteiger partial charge in [-0.25, -0.2) is 9.78 Å². The van der Waals surface area contributed by atoms with E-state index in [9.17, 15) is 4.79 Å². The van der Waals surface area contributed by atoms with Crippen LogP contribution in [0, 0.1) is 0 Å². The molecule has 0 spiro atoms. The van der Waals surface area contributed by atoms with Crippen molar-refractivity contribution in [2.75, 3.05) is 0 Å². The summed E-state index contributed by atoms with van der Waals surface area (Å²) < 4.78 is 0. The van der Waals surface area contributed by atoms with E-state index in [2.05, 4.69) is 9.97 Å². The zero-order valence-corrected chi connectivity index (χ0v) is 8.90. The molecular formula is C12H12N2O2. The van der Waals surface area contributed by atoms with Gasteiger partial charge < -0.3 is 10.1 Å². The zero-order valence-electron chi connectivity index (χ0n) is 8.90. The Bertz CT molecular complexity index is 500. The lowest BCUT2D eigenvalue weighted by molar-refractivity contribution is 0.0697. The first-order valence-electron chi connectivity index (χ1n) is 5.08. The molecule has 1 aromatic heterocycles. The Morgan fingerprint density at radius 2 is 2.06 bits per heavy atom. The van der Waals surface area contributed by atoms with Gasteiger partial charge in [0.2, 0.25) is 0 Å². The smallest absolute Gasteiger partial charge is 0.335 e. The summed E-state index contributed by atoms with van der Waals surface area (Å²) in [6.07, 6.45) is 2.70. The van der Waals surface area contributed by atoms with E-state index in [4.69, 9.17) is 5.11 Å². The van der Waals surface area contributed by atoms with Crippen LogP contribution < -0.4 is 0 Å². The summed E-state index contributed by atoms with van der Waals surface area (Å²) in [6, 6.07) is 6.65. The topological polar surface area (TPSA) is 66.0 Å². The number of carbonyl (C=O) groups is 1. The van der Waals surface area contributed by atoms with Gasteiger partial charge in [0.1, 0.15) is 5.82 Å². The molecule has 0 amide bonds. The number of benzene rings is 1. The maximum absolute atomic E-state index is 10.7. The van der Waals surface area contributed by atoms with Gasteiger partial charge in [0.15, 0.2) is 0 Å². The molecule has 0 fully saturated rings. The highest BCUT2D eigenvalue weighted by Crippen LogP contribution is 2.16. The minimum atomic E-state index is -0.916. The Kier molecular flexibility index (Phi) is 2.72. The molecule has 4 nitrogen and oxygen atoms in total. The molecular weight excluding hydrogens is 204 g/mol. The number of H-pyrrole nitrogens is 1. The van der Waals surface area contributed by atoms with Crippen molar-refractivity contribution >= 4 is 5.97 Å². The van der Waals surface area contributed by atoms with Crippen LogP contribution in [0.2, 0.25) is 0 Å². The monoisotopic (exact) mass is 216 g/mol. The molecule has 16 heavy (non-hydrogen) atoms. The van der Waals surface area contributed by atoms with E-state index >= 15 is 0 Å². The van der Waals surface area contributed by atoms with E-state index in [0.717, 1.165) is 23.5 Å². The average Bonchev–Trinajstić information content (AvgIpc) is 2.77. The lowest BCUT2D eigenvalue weighted by Gasteiger charge is -1.98. The van der Waals surface area contributed by atoms with Gasteiger partial charge >= 0.3 is 5.97 Å². The molecule has 0 saturated carbocycles. The lowest BCUT2D eigenvalue weighted by atomic mass is 10.1. The highest BCUT2D eigenvalue weighted by Gasteiger charge is 2.05. The van der Waals surface area contributed by atoms with E-state index < -0.39 is 5.97 Å². The van der Waals surface area contributed by atoms with Crippen LogP contribution in [0.15, 0.2) is 30.5 Å². The zero-order chi connectivity index (χ0) is 11.5. The standard InChI is InChI=1S/C12H12N2O2/c1-2-10-7-13-11(14-10)8-3-5-9(6-4-8)12(15)16/h3-7H,2H2,1H3,(H,13,14)(H,15,16). The first-order chi connectivity index (χ1) is 7.70. The van der Waals surface area contributed by atoms with Crippen LogP contribution in [0.3, 0.4) is 0 Å². The first kappa shape index (κ1) is 10.4. The normalized spacial score (nSPS) is 10.3. The lowest BCUT2D eigenvalue weighted by Crippen LogP contribution is -1.95. The second kappa shape index (κ2) is 4.18. The Morgan fingerprint density at radius 3 is 2.56 bits per heavy atom. The summed E-state index contributed by atoms with van der Waals surface area (Å²) in [5.74, 6) is -0.144. The van der Waals surface area contributed by atoms with Gasteiger partial charge in [-0.15, -0.1) is 0 Å². The predicted molar refractivity (Wildman–Crippen MR) is 60.4 cm³/mol. The number of carboxylic acids is 1. The molecule has 0 bridgehead atoms. The van der Waals surface area contributed by atoms with E-state index in [0.29, 0.717) is 0 Å². The van der Waals surface area contributed by atoms with Gasteiger partial charge in [-0.3, -0.25) is 0 Å². The van der Waals surface area contributed by atoms with E-state index in [1.165, 1.54) is 0 Å². The Labute approximate surface area is 93.0 Å². The van der Waals surface area contributed by atoms with Gasteiger partial charge in [0.05, 0.1) is 5.56 Å². The van der Waals surface area contributed by atoms with Crippen molar-refractivity contribution in [1.82, 2.24) is 9.97 Å². The SMILES string of the molecule is CCc1cnc(-c2ccc(C(=O)O)cc2)[nH]1. The molecule has 82 valence electrons. The molecule has 0 aliphatic rings. The predicted octanol–water partition coefficient (Wildman–Crippen LogP) is 2.34. The summed E-state index contributed by atoms with van der Waals surface area (Å²) in [7, 11) is 0. The molecule has 0 saturated heterocycles. The fourth-order valence-electron chi connectivity index (χ4n) is 1.46. The van der Waals surface area contributed by atoms with E-state index in [1.807, 2.05) is 6.92 Å². The fraction of sp³-hybridized carbons (Fsp3) is 0.167. The number of rotatable bonds is 3. The summed E-state index contributed by atoms with van der Waals surface area (Å²) in [6.45, 7) is 2.05. The molecule has 1 heterocycles. The Morgan fingerprint density at radius 1 is 1.38 bits per heavy atom. The van der Waals surface area contributed by atoms with Crippen LogP contribution >= 0.6 is 0 Å². The number of hydrogen-bond acceptors (Lipinski definition) is 2. The molecule has 2 aromatic rings. The third kappa shape index (κ3) is 1.95. The number of nitrogens with one attached hydrogen (secondary N) is 1. The number of aromatic nitrogens is 2. The highest BCUT2D eigenvalue weighted by atomic mass is 16.4. The van der Waals surface area contributed by atoms with Crippen molar-refractivity contribution in [3.63, 3.8) is 0 Å². The van der Waals surface area contributed by atoms with Crippen LogP contribution in [-0.4, -0.2) is 21.0 Å². The van der Waals surface area contributed by atoms with Crippen LogP contribution in [-0.2, 0) is 6.42 Å². The number of aryl methyl sites for hydroxylation is 1. The van der Waals surface area contributed by atoms with Crippen LogP contribution in [0.5, 0.6) is 0 Å². The average molecular weight is 216 g/mol. The second-order valence-corrected chi connectivity index (χ2v) is 3.49. The largest absolute Gasteiger partial charge is 0.478 e. The minimum absolute atomic E-state index is 0.283. The molecule has 1 aromatic carbocycles. The molecule has 0 aliphatic heterocycles. The number of carboxylic acid groups (broad SMARTS) is 1. The van der Waals surface area contributed by atoms with Crippen LogP contribution in [0.1, 0.15) is 23.0 Å². The van der Waals surface area contributed by atoms with E-state index in [-0.39, 0.29) is 5.56 Å². The van der Waals surface area contributed by atoms with Crippen LogP contribution in [0.4, 0.5) is 0 Å². The number of aromatic carboxylic acids is 1. The van der Waals surface area contributed by atoms with Gasteiger partial charge in [-0.2, -0.15) is 0 Å². The molecule has 0 radical (unpaired) electrons. The van der Waals surface area contributed by atoms with Crippen molar-refractivity contribution in [3.05, 3.63) is 41.7 Å². The summed E-state index contributed by atoms with van der Waals surface area (Å²) in [5, 5.41) is 8.77. The maximum Gasteiger partial charge on any atom is 0.335 e. The van der Waals surface area contributed by atoms with Crippen LogP contribution in [0.25, 0.3) is 11.4 Å². The Hall–Kier alpha value is -2.10. The third-order valence-corrected chi connectivity index (χ3v) is 2.41. The van der Waals surface area contributed by atoms with Crippen molar-refractivity contribution in [3.8, 4) is 11.4 Å². The quantitative estimate of drug-likeness (QED) is 0.827.